The Morgan fingerprint density at radius 3 is 2.44 bits per heavy atom. The van der Waals surface area contributed by atoms with Crippen LogP contribution in [0, 0.1) is 5.92 Å². The highest BCUT2D eigenvalue weighted by atomic mass is 16.2. The zero-order valence-corrected chi connectivity index (χ0v) is 15.6. The van der Waals surface area contributed by atoms with Crippen molar-refractivity contribution in [3.05, 3.63) is 29.8 Å². The predicted octanol–water partition coefficient (Wildman–Crippen LogP) is 2.15. The van der Waals surface area contributed by atoms with Crippen molar-refractivity contribution in [2.75, 3.05) is 37.6 Å². The summed E-state index contributed by atoms with van der Waals surface area (Å²) in [7, 11) is 0. The number of carbonyl (C=O) groups excluding carboxylic acids is 2. The average molecular weight is 343 g/mol. The van der Waals surface area contributed by atoms with E-state index in [4.69, 9.17) is 0 Å². The molecule has 2 amide bonds. The number of benzene rings is 1. The molecular weight excluding hydrogens is 314 g/mol. The highest BCUT2D eigenvalue weighted by molar-refractivity contribution is 5.98. The van der Waals surface area contributed by atoms with Crippen LogP contribution in [0.2, 0.25) is 0 Å². The van der Waals surface area contributed by atoms with Crippen LogP contribution in [0.4, 0.5) is 5.69 Å². The van der Waals surface area contributed by atoms with Gasteiger partial charge in [-0.2, -0.15) is 0 Å². The van der Waals surface area contributed by atoms with Crippen molar-refractivity contribution in [2.24, 2.45) is 5.92 Å². The maximum atomic E-state index is 13.0. The second-order valence-electron chi connectivity index (χ2n) is 7.41. The Morgan fingerprint density at radius 1 is 0.920 bits per heavy atom. The minimum Gasteiger partial charge on any atom is -0.341 e. The fraction of sp³-hybridized carbons (Fsp3) is 0.600. The van der Waals surface area contributed by atoms with E-state index in [1.54, 1.807) is 0 Å². The van der Waals surface area contributed by atoms with E-state index in [-0.39, 0.29) is 23.8 Å². The number of hydrogen-bond acceptors (Lipinski definition) is 3. The molecule has 2 aliphatic rings. The highest BCUT2D eigenvalue weighted by Crippen LogP contribution is 2.28. The highest BCUT2D eigenvalue weighted by Gasteiger charge is 2.32. The van der Waals surface area contributed by atoms with Crippen molar-refractivity contribution in [3.63, 3.8) is 0 Å². The number of hydrogen-bond donors (Lipinski definition) is 0. The molecule has 1 atom stereocenters. The molecule has 25 heavy (non-hydrogen) atoms. The summed E-state index contributed by atoms with van der Waals surface area (Å²) in [6, 6.07) is 8.02. The Balaban J connectivity index is 1.64. The van der Waals surface area contributed by atoms with Gasteiger partial charge in [0.2, 0.25) is 11.8 Å². The SMILES string of the molecule is CC(C)C(=O)N1CCCN([C@@H](C)C(=O)N2CCc3ccccc32)CC1. The molecule has 1 fully saturated rings. The van der Waals surface area contributed by atoms with E-state index in [0.29, 0.717) is 6.54 Å². The van der Waals surface area contributed by atoms with Gasteiger partial charge in [0.15, 0.2) is 0 Å². The molecule has 0 N–H and O–H groups in total. The zero-order chi connectivity index (χ0) is 18.0. The largest absolute Gasteiger partial charge is 0.341 e. The third-order valence-electron chi connectivity index (χ3n) is 5.39. The monoisotopic (exact) mass is 343 g/mol. The average Bonchev–Trinajstić information content (AvgIpc) is 2.89. The molecule has 0 bridgehead atoms. The molecule has 5 nitrogen and oxygen atoms in total. The van der Waals surface area contributed by atoms with Crippen LogP contribution in [0.25, 0.3) is 0 Å². The summed E-state index contributed by atoms with van der Waals surface area (Å²) in [5.41, 5.74) is 2.32. The van der Waals surface area contributed by atoms with Crippen LogP contribution >= 0.6 is 0 Å². The van der Waals surface area contributed by atoms with Gasteiger partial charge in [-0.25, -0.2) is 0 Å². The van der Waals surface area contributed by atoms with E-state index in [1.165, 1.54) is 5.56 Å². The number of amides is 2. The predicted molar refractivity (Wildman–Crippen MR) is 99.6 cm³/mol. The summed E-state index contributed by atoms with van der Waals surface area (Å²) in [5.74, 6) is 0.426. The molecule has 0 unspecified atom stereocenters. The van der Waals surface area contributed by atoms with Gasteiger partial charge in [0.1, 0.15) is 0 Å². The lowest BCUT2D eigenvalue weighted by Crippen LogP contribution is -2.48. The van der Waals surface area contributed by atoms with E-state index in [1.807, 2.05) is 48.8 Å². The maximum absolute atomic E-state index is 13.0. The zero-order valence-electron chi connectivity index (χ0n) is 15.6. The van der Waals surface area contributed by atoms with Crippen LogP contribution < -0.4 is 4.90 Å². The third-order valence-corrected chi connectivity index (χ3v) is 5.39. The van der Waals surface area contributed by atoms with Crippen molar-refractivity contribution in [1.82, 2.24) is 9.80 Å². The van der Waals surface area contributed by atoms with E-state index in [0.717, 1.165) is 44.7 Å². The number of nitrogens with zero attached hydrogens (tertiary/aromatic N) is 3. The van der Waals surface area contributed by atoms with Gasteiger partial charge >= 0.3 is 0 Å². The van der Waals surface area contributed by atoms with E-state index in [9.17, 15) is 9.59 Å². The molecule has 3 rings (SSSR count). The number of carbonyl (C=O) groups is 2. The first-order chi connectivity index (χ1) is 12.0. The van der Waals surface area contributed by atoms with Crippen LogP contribution in [0.1, 0.15) is 32.8 Å². The van der Waals surface area contributed by atoms with Crippen LogP contribution in [0.3, 0.4) is 0 Å². The normalized spacial score (nSPS) is 19.7. The third kappa shape index (κ3) is 3.71. The van der Waals surface area contributed by atoms with Gasteiger partial charge in [0.25, 0.3) is 0 Å². The Morgan fingerprint density at radius 2 is 1.68 bits per heavy atom. The first-order valence-corrected chi connectivity index (χ1v) is 9.41. The summed E-state index contributed by atoms with van der Waals surface area (Å²) in [5, 5.41) is 0. The topological polar surface area (TPSA) is 43.9 Å². The summed E-state index contributed by atoms with van der Waals surface area (Å²) in [4.78, 5) is 31.4. The fourth-order valence-corrected chi connectivity index (χ4v) is 3.86. The molecule has 5 heteroatoms. The lowest BCUT2D eigenvalue weighted by molar-refractivity contribution is -0.134. The van der Waals surface area contributed by atoms with Gasteiger partial charge in [0.05, 0.1) is 6.04 Å². The van der Waals surface area contributed by atoms with Crippen molar-refractivity contribution < 1.29 is 9.59 Å². The molecule has 1 aromatic carbocycles. The quantitative estimate of drug-likeness (QED) is 0.845. The first kappa shape index (κ1) is 17.9. The molecule has 0 radical (unpaired) electrons. The summed E-state index contributed by atoms with van der Waals surface area (Å²) < 4.78 is 0. The van der Waals surface area contributed by atoms with Gasteiger partial charge in [-0.1, -0.05) is 32.0 Å². The van der Waals surface area contributed by atoms with Gasteiger partial charge < -0.3 is 9.80 Å². The maximum Gasteiger partial charge on any atom is 0.244 e. The number of rotatable bonds is 3. The van der Waals surface area contributed by atoms with Crippen LogP contribution in [-0.2, 0) is 16.0 Å². The molecule has 2 aliphatic heterocycles. The molecule has 0 aliphatic carbocycles. The van der Waals surface area contributed by atoms with Crippen molar-refractivity contribution in [3.8, 4) is 0 Å². The standard InChI is InChI=1S/C20H29N3O2/c1-15(2)19(24)22-11-6-10-21(13-14-22)16(3)20(25)23-12-9-17-7-4-5-8-18(17)23/h4-5,7-8,15-16H,6,9-14H2,1-3H3/t16-/m0/s1. The Kier molecular flexibility index (Phi) is 5.42. The molecule has 0 spiro atoms. The van der Waals surface area contributed by atoms with Crippen molar-refractivity contribution >= 4 is 17.5 Å². The molecular formula is C20H29N3O2. The molecule has 0 saturated carbocycles. The Labute approximate surface area is 150 Å². The second-order valence-corrected chi connectivity index (χ2v) is 7.41. The second kappa shape index (κ2) is 7.56. The van der Waals surface area contributed by atoms with Crippen molar-refractivity contribution in [1.29, 1.82) is 0 Å². The molecule has 1 saturated heterocycles. The number of para-hydroxylation sites is 1. The molecule has 2 heterocycles. The number of anilines is 1. The van der Waals surface area contributed by atoms with Crippen LogP contribution in [-0.4, -0.2) is 60.4 Å². The summed E-state index contributed by atoms with van der Waals surface area (Å²) in [6.07, 6.45) is 1.86. The van der Waals surface area contributed by atoms with Crippen LogP contribution in [0.15, 0.2) is 24.3 Å². The van der Waals surface area contributed by atoms with Gasteiger partial charge in [0, 0.05) is 44.3 Å². The van der Waals surface area contributed by atoms with Gasteiger partial charge in [-0.05, 0) is 31.4 Å². The van der Waals surface area contributed by atoms with E-state index >= 15 is 0 Å². The Hall–Kier alpha value is -1.88. The smallest absolute Gasteiger partial charge is 0.244 e. The molecule has 1 aromatic rings. The van der Waals surface area contributed by atoms with E-state index < -0.39 is 0 Å². The Bertz CT molecular complexity index is 644. The van der Waals surface area contributed by atoms with Crippen molar-refractivity contribution in [2.45, 2.75) is 39.7 Å². The lowest BCUT2D eigenvalue weighted by atomic mass is 10.1. The summed E-state index contributed by atoms with van der Waals surface area (Å²) in [6.45, 7) is 9.80. The minimum absolute atomic E-state index is 0.0340. The summed E-state index contributed by atoms with van der Waals surface area (Å²) >= 11 is 0. The minimum atomic E-state index is -0.153. The van der Waals surface area contributed by atoms with Crippen LogP contribution in [0.5, 0.6) is 0 Å². The number of fused-ring (bicyclic) bond motifs is 1. The van der Waals surface area contributed by atoms with E-state index in [2.05, 4.69) is 11.0 Å². The lowest BCUT2D eigenvalue weighted by Gasteiger charge is -2.30. The first-order valence-electron chi connectivity index (χ1n) is 9.41. The van der Waals surface area contributed by atoms with Gasteiger partial charge in [-0.15, -0.1) is 0 Å². The molecule has 0 aromatic heterocycles. The fourth-order valence-electron chi connectivity index (χ4n) is 3.86. The van der Waals surface area contributed by atoms with Gasteiger partial charge in [-0.3, -0.25) is 14.5 Å². The molecule has 136 valence electrons.